The SMILES string of the molecule is CC#CC1(N)[C@@H](O)[C@@H]([C@@H](C)OP(=O)(O)OP(=O)(O)OP(=O)(O)O)O[C@H]1n1cnc2c(=S)nc(N)[nH]c21. The summed E-state index contributed by atoms with van der Waals surface area (Å²) < 4.78 is 53.9. The fourth-order valence-electron chi connectivity index (χ4n) is 3.47. The third-order valence-corrected chi connectivity index (χ3v) is 8.94. The van der Waals surface area contributed by atoms with Crippen molar-refractivity contribution < 1.29 is 56.3 Å². The smallest absolute Gasteiger partial charge is 0.387 e. The molecule has 1 saturated heterocycles. The Morgan fingerprint density at radius 1 is 1.28 bits per heavy atom. The Hall–Kier alpha value is -1.58. The van der Waals surface area contributed by atoms with Gasteiger partial charge in [0.25, 0.3) is 0 Å². The summed E-state index contributed by atoms with van der Waals surface area (Å²) in [4.78, 5) is 47.2. The van der Waals surface area contributed by atoms with Crippen LogP contribution in [0.1, 0.15) is 20.1 Å². The van der Waals surface area contributed by atoms with Crippen molar-refractivity contribution in [3.05, 3.63) is 11.0 Å². The minimum atomic E-state index is -5.76. The van der Waals surface area contributed by atoms with Crippen LogP contribution < -0.4 is 11.5 Å². The van der Waals surface area contributed by atoms with Crippen LogP contribution in [0.5, 0.6) is 0 Å². The number of hydrogen-bond donors (Lipinski definition) is 8. The Kier molecular flexibility index (Phi) is 8.01. The summed E-state index contributed by atoms with van der Waals surface area (Å²) in [5.74, 6) is 5.12. The molecule has 2 aromatic heterocycles. The van der Waals surface area contributed by atoms with E-state index in [-0.39, 0.29) is 21.8 Å². The second-order valence-corrected chi connectivity index (χ2v) is 12.1. The van der Waals surface area contributed by atoms with Gasteiger partial charge < -0.3 is 45.9 Å². The normalized spacial score (nSPS) is 28.7. The van der Waals surface area contributed by atoms with E-state index in [0.29, 0.717) is 0 Å². The number of rotatable bonds is 8. The third kappa shape index (κ3) is 6.10. The average Bonchev–Trinajstić information content (AvgIpc) is 3.18. The molecule has 2 aromatic rings. The fourth-order valence-corrected chi connectivity index (χ4v) is 6.92. The van der Waals surface area contributed by atoms with Gasteiger partial charge >= 0.3 is 23.5 Å². The van der Waals surface area contributed by atoms with Crippen molar-refractivity contribution in [3.8, 4) is 11.8 Å². The van der Waals surface area contributed by atoms with Crippen LogP contribution in [-0.2, 0) is 31.6 Å². The van der Waals surface area contributed by atoms with Crippen molar-refractivity contribution in [1.29, 1.82) is 0 Å². The Morgan fingerprint density at radius 3 is 2.50 bits per heavy atom. The minimum absolute atomic E-state index is 0.0559. The van der Waals surface area contributed by atoms with Gasteiger partial charge in [0.05, 0.1) is 12.4 Å². The predicted octanol–water partition coefficient (Wildman–Crippen LogP) is -0.218. The first-order valence-corrected chi connectivity index (χ1v) is 14.4. The van der Waals surface area contributed by atoms with Gasteiger partial charge in [-0.3, -0.25) is 9.09 Å². The van der Waals surface area contributed by atoms with Crippen molar-refractivity contribution in [2.24, 2.45) is 5.73 Å². The minimum Gasteiger partial charge on any atom is -0.387 e. The summed E-state index contributed by atoms with van der Waals surface area (Å²) in [7, 11) is -16.9. The number of nitrogens with one attached hydrogen (secondary N) is 1. The van der Waals surface area contributed by atoms with Crippen molar-refractivity contribution in [3.63, 3.8) is 0 Å². The molecule has 1 aliphatic rings. The number of hydrogen-bond acceptors (Lipinski definition) is 13. The molecule has 0 radical (unpaired) electrons. The molecule has 0 spiro atoms. The predicted molar refractivity (Wildman–Crippen MR) is 122 cm³/mol. The molecule has 0 aliphatic carbocycles. The zero-order valence-electron chi connectivity index (χ0n) is 18.2. The highest BCUT2D eigenvalue weighted by atomic mass is 32.1. The number of phosphoric ester groups is 1. The zero-order valence-corrected chi connectivity index (χ0v) is 21.7. The van der Waals surface area contributed by atoms with E-state index in [0.717, 1.165) is 6.92 Å². The van der Waals surface area contributed by atoms with E-state index in [4.69, 9.17) is 42.7 Å². The summed E-state index contributed by atoms with van der Waals surface area (Å²) in [6, 6.07) is 0. The second-order valence-electron chi connectivity index (χ2n) is 7.38. The molecule has 0 aromatic carbocycles. The van der Waals surface area contributed by atoms with E-state index in [1.807, 2.05) is 0 Å². The van der Waals surface area contributed by atoms with E-state index in [2.05, 4.69) is 35.4 Å². The van der Waals surface area contributed by atoms with E-state index >= 15 is 0 Å². The molecule has 36 heavy (non-hydrogen) atoms. The number of fused-ring (bicyclic) bond motifs is 1. The number of nitrogen functional groups attached to an aromatic ring is 1. The maximum atomic E-state index is 12.2. The molecule has 0 bridgehead atoms. The maximum Gasteiger partial charge on any atom is 0.490 e. The number of ether oxygens (including phenoxy) is 1. The molecule has 200 valence electrons. The molecule has 0 amide bonds. The molecule has 3 rings (SSSR count). The number of aliphatic hydroxyl groups excluding tert-OH is 1. The highest BCUT2D eigenvalue weighted by Gasteiger charge is 2.57. The summed E-state index contributed by atoms with van der Waals surface area (Å²) in [5.41, 5.74) is 10.7. The highest BCUT2D eigenvalue weighted by molar-refractivity contribution is 7.71. The van der Waals surface area contributed by atoms with Gasteiger partial charge in [-0.05, 0) is 13.8 Å². The Labute approximate surface area is 207 Å². The Balaban J connectivity index is 1.92. The summed E-state index contributed by atoms with van der Waals surface area (Å²) in [6.07, 6.45) is -4.85. The number of aromatic nitrogens is 4. The van der Waals surface area contributed by atoms with Crippen molar-refractivity contribution in [2.75, 3.05) is 5.73 Å². The highest BCUT2D eigenvalue weighted by Crippen LogP contribution is 2.66. The molecule has 7 atom stereocenters. The van der Waals surface area contributed by atoms with Crippen LogP contribution in [0, 0.1) is 16.5 Å². The fraction of sp³-hybridized carbons (Fsp3) is 0.500. The lowest BCUT2D eigenvalue weighted by molar-refractivity contribution is -0.0733. The van der Waals surface area contributed by atoms with Crippen LogP contribution in [0.3, 0.4) is 0 Å². The van der Waals surface area contributed by atoms with Crippen LogP contribution in [0.4, 0.5) is 5.95 Å². The topological polar surface area (TPSA) is 288 Å². The van der Waals surface area contributed by atoms with Crippen LogP contribution in [-0.4, -0.2) is 68.1 Å². The summed E-state index contributed by atoms with van der Waals surface area (Å²) in [5, 5.41) is 11.0. The number of nitrogens with zero attached hydrogens (tertiary/aromatic N) is 3. The summed E-state index contributed by atoms with van der Waals surface area (Å²) in [6.45, 7) is 2.55. The van der Waals surface area contributed by atoms with Crippen LogP contribution in [0.2, 0.25) is 0 Å². The average molecular weight is 590 g/mol. The first-order valence-electron chi connectivity index (χ1n) is 9.50. The second kappa shape index (κ2) is 9.95. The van der Waals surface area contributed by atoms with Gasteiger partial charge in [-0.15, -0.1) is 5.92 Å². The zero-order chi connectivity index (χ0) is 27.3. The molecule has 10 N–H and O–H groups in total. The van der Waals surface area contributed by atoms with Crippen LogP contribution in [0.25, 0.3) is 11.2 Å². The molecule has 18 nitrogen and oxygen atoms in total. The number of aromatic amines is 1. The number of H-pyrrole nitrogens is 1. The summed E-state index contributed by atoms with van der Waals surface area (Å²) >= 11 is 5.13. The quantitative estimate of drug-likeness (QED) is 0.112. The van der Waals surface area contributed by atoms with Crippen molar-refractivity contribution in [1.82, 2.24) is 19.5 Å². The van der Waals surface area contributed by atoms with E-state index < -0.39 is 53.5 Å². The lowest BCUT2D eigenvalue weighted by Gasteiger charge is -2.28. The lowest BCUT2D eigenvalue weighted by Crippen LogP contribution is -2.54. The molecule has 3 unspecified atom stereocenters. The van der Waals surface area contributed by atoms with E-state index in [9.17, 15) is 28.6 Å². The number of imidazole rings is 1. The lowest BCUT2D eigenvalue weighted by atomic mass is 9.90. The number of aliphatic hydroxyl groups is 1. The van der Waals surface area contributed by atoms with Crippen molar-refractivity contribution in [2.45, 2.75) is 43.9 Å². The number of anilines is 1. The van der Waals surface area contributed by atoms with Gasteiger partial charge in [-0.2, -0.15) is 8.62 Å². The van der Waals surface area contributed by atoms with Crippen LogP contribution in [0.15, 0.2) is 6.33 Å². The number of phosphoric acid groups is 3. The van der Waals surface area contributed by atoms with Crippen LogP contribution >= 0.6 is 35.7 Å². The molecule has 0 saturated carbocycles. The first-order chi connectivity index (χ1) is 16.4. The van der Waals surface area contributed by atoms with Gasteiger partial charge in [0.15, 0.2) is 22.4 Å². The molecular weight excluding hydrogens is 569 g/mol. The van der Waals surface area contributed by atoms with Gasteiger partial charge in [0, 0.05) is 0 Å². The van der Waals surface area contributed by atoms with Gasteiger partial charge in [0.2, 0.25) is 0 Å². The third-order valence-electron chi connectivity index (χ3n) is 4.73. The number of nitrogens with two attached hydrogens (primary N) is 2. The van der Waals surface area contributed by atoms with E-state index in [1.54, 1.807) is 0 Å². The molecule has 3 heterocycles. The van der Waals surface area contributed by atoms with E-state index in [1.165, 1.54) is 17.8 Å². The van der Waals surface area contributed by atoms with Gasteiger partial charge in [-0.1, -0.05) is 18.1 Å². The maximum absolute atomic E-state index is 12.2. The molecular formula is C14H21N6O12P3S. The Bertz CT molecular complexity index is 1430. The van der Waals surface area contributed by atoms with Gasteiger partial charge in [-0.25, -0.2) is 23.7 Å². The first kappa shape index (κ1) is 29.0. The largest absolute Gasteiger partial charge is 0.490 e. The molecule has 22 heteroatoms. The van der Waals surface area contributed by atoms with Gasteiger partial charge in [0.1, 0.15) is 23.4 Å². The van der Waals surface area contributed by atoms with Crippen molar-refractivity contribution >= 4 is 52.8 Å². The molecule has 1 aliphatic heterocycles. The standard InChI is InChI=1S/C14H21N6O12P3S/c1-3-4-14(16)9(21)8(6(2)30-34(25,26)32-35(27,28)31-33(22,23)24)29-12(14)20-5-17-7-10(20)18-13(15)19-11(7)36/h5-6,8-9,12,21H,16H2,1-2H3,(H,25,26)(H,27,28)(H2,22,23,24)(H3,15,18,19,36)/t6-,8-,9+,12-,14?/m1/s1. The molecule has 1 fully saturated rings. The Morgan fingerprint density at radius 2 is 1.92 bits per heavy atom. The monoisotopic (exact) mass is 590 g/mol.